The molecule has 0 aliphatic carbocycles. The average molecular weight is 561 g/mol. The largest absolute Gasteiger partial charge is 0.420 e. The molecule has 0 bridgehead atoms. The van der Waals surface area contributed by atoms with Gasteiger partial charge >= 0.3 is 18.0 Å². The van der Waals surface area contributed by atoms with Crippen molar-refractivity contribution in [3.63, 3.8) is 0 Å². The summed E-state index contributed by atoms with van der Waals surface area (Å²) in [5, 5.41) is 8.26. The zero-order valence-electron chi connectivity index (χ0n) is 18.8. The van der Waals surface area contributed by atoms with Crippen LogP contribution in [0.4, 0.5) is 26.3 Å². The Morgan fingerprint density at radius 3 is 2.32 bits per heavy atom. The summed E-state index contributed by atoms with van der Waals surface area (Å²) in [5.74, 6) is -3.26. The Bertz CT molecular complexity index is 1540. The van der Waals surface area contributed by atoms with Gasteiger partial charge in [0.1, 0.15) is 12.1 Å². The van der Waals surface area contributed by atoms with Crippen LogP contribution in [-0.4, -0.2) is 46.2 Å². The van der Waals surface area contributed by atoms with E-state index in [4.69, 9.17) is 17.3 Å². The van der Waals surface area contributed by atoms with Crippen LogP contribution in [0.2, 0.25) is 5.02 Å². The fraction of sp³-hybridized carbons (Fsp3) is 0.238. The first-order valence-corrected chi connectivity index (χ1v) is 10.9. The molecule has 17 heteroatoms. The lowest BCUT2D eigenvalue weighted by Crippen LogP contribution is -2.27. The van der Waals surface area contributed by atoms with Crippen LogP contribution in [0.5, 0.6) is 0 Å². The highest BCUT2D eigenvalue weighted by molar-refractivity contribution is 6.30. The predicted molar refractivity (Wildman–Crippen MR) is 119 cm³/mol. The minimum absolute atomic E-state index is 0.130. The van der Waals surface area contributed by atoms with Crippen LogP contribution in [0.1, 0.15) is 28.4 Å². The van der Waals surface area contributed by atoms with Crippen LogP contribution in [0.15, 0.2) is 47.4 Å². The first-order chi connectivity index (χ1) is 17.7. The van der Waals surface area contributed by atoms with Gasteiger partial charge < -0.3 is 5.73 Å². The van der Waals surface area contributed by atoms with E-state index in [0.717, 1.165) is 16.8 Å². The summed E-state index contributed by atoms with van der Waals surface area (Å²) in [4.78, 5) is 32.4. The summed E-state index contributed by atoms with van der Waals surface area (Å²) in [6.07, 6.45) is -9.75. The normalized spacial score (nSPS) is 12.2. The molecule has 0 radical (unpaired) electrons. The maximum Gasteiger partial charge on any atom is 0.420 e. The summed E-state index contributed by atoms with van der Waals surface area (Å²) >= 11 is 5.86. The van der Waals surface area contributed by atoms with E-state index in [1.54, 1.807) is 0 Å². The number of hydrogen-bond acceptors (Lipinski definition) is 6. The maximum absolute atomic E-state index is 13.5. The molecule has 3 aromatic heterocycles. The zero-order valence-corrected chi connectivity index (χ0v) is 19.6. The highest BCUT2D eigenvalue weighted by Gasteiger charge is 2.36. The van der Waals surface area contributed by atoms with Crippen molar-refractivity contribution in [1.82, 2.24) is 34.1 Å². The molecule has 4 aromatic rings. The number of benzene rings is 1. The molecule has 38 heavy (non-hydrogen) atoms. The van der Waals surface area contributed by atoms with Gasteiger partial charge in [0.25, 0.3) is 5.91 Å². The summed E-state index contributed by atoms with van der Waals surface area (Å²) in [6.45, 7) is -1.38. The highest BCUT2D eigenvalue weighted by atomic mass is 35.5. The smallest absolute Gasteiger partial charge is 0.363 e. The third-order valence-corrected chi connectivity index (χ3v) is 5.35. The average Bonchev–Trinajstić information content (AvgIpc) is 3.39. The number of pyridine rings is 1. The summed E-state index contributed by atoms with van der Waals surface area (Å²) in [7, 11) is 0. The number of halogens is 7. The van der Waals surface area contributed by atoms with Crippen molar-refractivity contribution < 1.29 is 31.1 Å². The third-order valence-electron chi connectivity index (χ3n) is 5.10. The number of carbonyl (C=O) groups is 1. The number of hydrogen-bond donors (Lipinski definition) is 1. The van der Waals surface area contributed by atoms with Crippen LogP contribution in [0.3, 0.4) is 0 Å². The number of nitrogens with zero attached hydrogens (tertiary/aromatic N) is 7. The van der Waals surface area contributed by atoms with Gasteiger partial charge in [0.2, 0.25) is 5.82 Å². The number of nitrogens with two attached hydrogens (primary N) is 1. The van der Waals surface area contributed by atoms with Crippen LogP contribution in [-0.2, 0) is 19.3 Å². The molecule has 2 N–H and O–H groups in total. The van der Waals surface area contributed by atoms with Gasteiger partial charge in [-0.05, 0) is 36.4 Å². The number of alkyl halides is 6. The van der Waals surface area contributed by atoms with E-state index in [0.29, 0.717) is 20.5 Å². The molecule has 1 amide bonds. The standard InChI is InChI=1S/C21H15ClF6N8O2/c22-12-5-3-11(4-6-12)16-33-35(19(38)34(16)9-7-20(23,24)25)10-14-31-18(15(29)37)36(32-14)17-13(21(26,27)28)2-1-8-30-17/h1-6,8H,7,9-10H2,(H2,29,37). The predicted octanol–water partition coefficient (Wildman–Crippen LogP) is 3.46. The number of primary amides is 1. The van der Waals surface area contributed by atoms with Gasteiger partial charge in [-0.1, -0.05) is 11.6 Å². The Morgan fingerprint density at radius 1 is 1.03 bits per heavy atom. The molecule has 200 valence electrons. The first kappa shape index (κ1) is 26.8. The molecule has 0 fully saturated rings. The van der Waals surface area contributed by atoms with Crippen LogP contribution in [0.25, 0.3) is 17.2 Å². The lowest BCUT2D eigenvalue weighted by Gasteiger charge is -2.11. The Labute approximate surface area is 213 Å². The Balaban J connectivity index is 1.79. The SMILES string of the molecule is NC(=O)c1nc(Cn2nc(-c3ccc(Cl)cc3)n(CCC(F)(F)F)c2=O)nn1-c1ncccc1C(F)(F)F. The molecular formula is C21H15ClF6N8O2. The van der Waals surface area contributed by atoms with Crippen molar-refractivity contribution in [3.8, 4) is 17.2 Å². The second-order valence-corrected chi connectivity index (χ2v) is 8.22. The molecule has 0 spiro atoms. The van der Waals surface area contributed by atoms with E-state index < -0.39 is 60.7 Å². The molecule has 0 aliphatic rings. The van der Waals surface area contributed by atoms with Crippen LogP contribution in [0, 0.1) is 0 Å². The van der Waals surface area contributed by atoms with Gasteiger partial charge in [-0.15, -0.1) is 10.2 Å². The zero-order chi connectivity index (χ0) is 27.8. The van der Waals surface area contributed by atoms with E-state index >= 15 is 0 Å². The first-order valence-electron chi connectivity index (χ1n) is 10.5. The fourth-order valence-corrected chi connectivity index (χ4v) is 3.57. The van der Waals surface area contributed by atoms with E-state index in [-0.39, 0.29) is 17.2 Å². The van der Waals surface area contributed by atoms with Crippen molar-refractivity contribution in [2.24, 2.45) is 5.73 Å². The molecule has 0 atom stereocenters. The van der Waals surface area contributed by atoms with E-state index in [2.05, 4.69) is 20.2 Å². The topological polar surface area (TPSA) is 127 Å². The number of carbonyl (C=O) groups excluding carboxylic acids is 1. The van der Waals surface area contributed by atoms with Crippen molar-refractivity contribution in [2.75, 3.05) is 0 Å². The highest BCUT2D eigenvalue weighted by Crippen LogP contribution is 2.32. The second-order valence-electron chi connectivity index (χ2n) is 7.79. The Morgan fingerprint density at radius 2 is 1.71 bits per heavy atom. The molecule has 1 aromatic carbocycles. The monoisotopic (exact) mass is 560 g/mol. The van der Waals surface area contributed by atoms with Crippen molar-refractivity contribution in [1.29, 1.82) is 0 Å². The molecule has 0 unspecified atom stereocenters. The molecule has 0 aliphatic heterocycles. The number of amides is 1. The van der Waals surface area contributed by atoms with E-state index in [1.807, 2.05) is 0 Å². The van der Waals surface area contributed by atoms with Crippen molar-refractivity contribution in [2.45, 2.75) is 31.9 Å². The van der Waals surface area contributed by atoms with Gasteiger partial charge in [0.15, 0.2) is 17.5 Å². The van der Waals surface area contributed by atoms with Crippen molar-refractivity contribution in [3.05, 3.63) is 75.3 Å². The number of rotatable bonds is 7. The van der Waals surface area contributed by atoms with Crippen molar-refractivity contribution >= 4 is 17.5 Å². The van der Waals surface area contributed by atoms with Crippen LogP contribution >= 0.6 is 11.6 Å². The molecule has 10 nitrogen and oxygen atoms in total. The van der Waals surface area contributed by atoms with E-state index in [1.165, 1.54) is 24.3 Å². The quantitative estimate of drug-likeness (QED) is 0.345. The lowest BCUT2D eigenvalue weighted by molar-refractivity contribution is -0.138. The molecular weight excluding hydrogens is 546 g/mol. The minimum atomic E-state index is -4.87. The third kappa shape index (κ3) is 5.69. The molecule has 3 heterocycles. The number of aromatic nitrogens is 7. The maximum atomic E-state index is 13.5. The van der Waals surface area contributed by atoms with Gasteiger partial charge in [0.05, 0.1) is 6.42 Å². The second kappa shape index (κ2) is 9.92. The summed E-state index contributed by atoms with van der Waals surface area (Å²) in [5.41, 5.74) is 3.32. The molecule has 0 saturated heterocycles. The van der Waals surface area contributed by atoms with Gasteiger partial charge in [0, 0.05) is 23.3 Å². The Hall–Kier alpha value is -4.21. The van der Waals surface area contributed by atoms with Gasteiger partial charge in [-0.25, -0.2) is 19.4 Å². The van der Waals surface area contributed by atoms with Crippen LogP contribution < -0.4 is 11.4 Å². The van der Waals surface area contributed by atoms with Gasteiger partial charge in [-0.2, -0.15) is 31.0 Å². The summed E-state index contributed by atoms with van der Waals surface area (Å²) in [6, 6.07) is 7.51. The minimum Gasteiger partial charge on any atom is -0.363 e. The Kier molecular flexibility index (Phi) is 7.01. The van der Waals surface area contributed by atoms with Gasteiger partial charge in [-0.3, -0.25) is 9.36 Å². The fourth-order valence-electron chi connectivity index (χ4n) is 3.45. The molecule has 0 saturated carbocycles. The summed E-state index contributed by atoms with van der Waals surface area (Å²) < 4.78 is 81.2. The molecule has 4 rings (SSSR count). The van der Waals surface area contributed by atoms with E-state index in [9.17, 15) is 35.9 Å². The lowest BCUT2D eigenvalue weighted by atomic mass is 10.2.